The molecule has 2 rings (SSSR count). The third kappa shape index (κ3) is 4.79. The van der Waals surface area contributed by atoms with E-state index < -0.39 is 5.41 Å². The maximum Gasteiger partial charge on any atom is 0.239 e. The molecule has 0 bridgehead atoms. The van der Waals surface area contributed by atoms with E-state index in [1.165, 1.54) is 0 Å². The number of rotatable bonds is 6. The van der Waals surface area contributed by atoms with Gasteiger partial charge in [0.2, 0.25) is 11.8 Å². The average Bonchev–Trinajstić information content (AvgIpc) is 2.57. The molecule has 1 aromatic carbocycles. The van der Waals surface area contributed by atoms with Gasteiger partial charge in [0.05, 0.1) is 13.2 Å². The van der Waals surface area contributed by atoms with Gasteiger partial charge in [-0.2, -0.15) is 0 Å². The molecule has 6 heteroatoms. The van der Waals surface area contributed by atoms with Gasteiger partial charge in [0.15, 0.2) is 0 Å². The molecule has 2 N–H and O–H groups in total. The van der Waals surface area contributed by atoms with Crippen molar-refractivity contribution < 1.29 is 14.3 Å². The molecular weight excluding hydrogens is 306 g/mol. The molecule has 1 fully saturated rings. The quantitative estimate of drug-likeness (QED) is 0.772. The molecule has 2 amide bonds. The predicted molar refractivity (Wildman–Crippen MR) is 93.9 cm³/mol. The highest BCUT2D eigenvalue weighted by Crippen LogP contribution is 2.21. The molecule has 24 heavy (non-hydrogen) atoms. The van der Waals surface area contributed by atoms with Gasteiger partial charge in [-0.15, -0.1) is 0 Å². The maximum absolute atomic E-state index is 12.5. The van der Waals surface area contributed by atoms with Crippen LogP contribution in [-0.4, -0.2) is 56.1 Å². The second kappa shape index (κ2) is 8.26. The smallest absolute Gasteiger partial charge is 0.239 e. The van der Waals surface area contributed by atoms with Crippen molar-refractivity contribution in [2.75, 3.05) is 44.7 Å². The minimum Gasteiger partial charge on any atom is -0.379 e. The minimum absolute atomic E-state index is 0.262. The van der Waals surface area contributed by atoms with E-state index in [-0.39, 0.29) is 11.8 Å². The van der Waals surface area contributed by atoms with E-state index in [9.17, 15) is 9.59 Å². The van der Waals surface area contributed by atoms with Crippen molar-refractivity contribution in [3.63, 3.8) is 0 Å². The van der Waals surface area contributed by atoms with Crippen LogP contribution in [0.4, 0.5) is 5.69 Å². The fourth-order valence-corrected chi connectivity index (χ4v) is 2.47. The zero-order valence-corrected chi connectivity index (χ0v) is 14.7. The largest absolute Gasteiger partial charge is 0.379 e. The van der Waals surface area contributed by atoms with Crippen molar-refractivity contribution in [3.8, 4) is 0 Å². The molecule has 0 aromatic heterocycles. The van der Waals surface area contributed by atoms with E-state index in [1.807, 2.05) is 31.2 Å². The Bertz CT molecular complexity index is 581. The zero-order valence-electron chi connectivity index (χ0n) is 14.7. The van der Waals surface area contributed by atoms with Crippen LogP contribution in [0.2, 0.25) is 0 Å². The molecule has 0 radical (unpaired) electrons. The fourth-order valence-electron chi connectivity index (χ4n) is 2.47. The zero-order chi connectivity index (χ0) is 17.6. The number of amides is 2. The third-order valence-electron chi connectivity index (χ3n) is 4.35. The molecule has 132 valence electrons. The number of hydrogen-bond donors (Lipinski definition) is 2. The number of hydrogen-bond acceptors (Lipinski definition) is 4. The Morgan fingerprint density at radius 2 is 1.83 bits per heavy atom. The number of para-hydroxylation sites is 1. The molecule has 1 heterocycles. The van der Waals surface area contributed by atoms with Crippen LogP contribution in [0.3, 0.4) is 0 Å². The van der Waals surface area contributed by atoms with E-state index in [0.717, 1.165) is 44.1 Å². The molecule has 1 aliphatic rings. The maximum atomic E-state index is 12.5. The van der Waals surface area contributed by atoms with Crippen molar-refractivity contribution >= 4 is 17.5 Å². The summed E-state index contributed by atoms with van der Waals surface area (Å²) in [5, 5.41) is 5.71. The van der Waals surface area contributed by atoms with E-state index in [0.29, 0.717) is 6.54 Å². The van der Waals surface area contributed by atoms with Crippen molar-refractivity contribution in [2.45, 2.75) is 20.8 Å². The van der Waals surface area contributed by atoms with Crippen LogP contribution < -0.4 is 10.6 Å². The van der Waals surface area contributed by atoms with Crippen LogP contribution in [-0.2, 0) is 14.3 Å². The van der Waals surface area contributed by atoms with Gasteiger partial charge in [0.1, 0.15) is 5.41 Å². The minimum atomic E-state index is -1.13. The number of benzene rings is 1. The molecule has 1 aromatic rings. The summed E-state index contributed by atoms with van der Waals surface area (Å²) in [4.78, 5) is 27.1. The Balaban J connectivity index is 1.84. The first-order chi connectivity index (χ1) is 11.4. The lowest BCUT2D eigenvalue weighted by Crippen LogP contribution is -2.48. The first-order valence-corrected chi connectivity index (χ1v) is 8.37. The van der Waals surface area contributed by atoms with Gasteiger partial charge in [-0.3, -0.25) is 14.5 Å². The molecular formula is C18H27N3O3. The molecule has 0 unspecified atom stereocenters. The topological polar surface area (TPSA) is 70.7 Å². The van der Waals surface area contributed by atoms with Crippen LogP contribution >= 0.6 is 0 Å². The molecule has 0 atom stereocenters. The van der Waals surface area contributed by atoms with E-state index in [1.54, 1.807) is 13.8 Å². The summed E-state index contributed by atoms with van der Waals surface area (Å²) in [6.07, 6.45) is 0. The molecule has 0 saturated carbocycles. The highest BCUT2D eigenvalue weighted by atomic mass is 16.5. The van der Waals surface area contributed by atoms with Crippen LogP contribution in [0, 0.1) is 12.3 Å². The van der Waals surface area contributed by atoms with Gasteiger partial charge in [-0.1, -0.05) is 18.2 Å². The standard InChI is InChI=1S/C18H27N3O3/c1-14-6-4-5-7-15(14)20-17(23)18(2,3)16(22)19-8-9-21-10-12-24-13-11-21/h4-7H,8-13H2,1-3H3,(H,19,22)(H,20,23). The van der Waals surface area contributed by atoms with Crippen molar-refractivity contribution in [1.29, 1.82) is 0 Å². The summed E-state index contributed by atoms with van der Waals surface area (Å²) in [6, 6.07) is 7.52. The predicted octanol–water partition coefficient (Wildman–Crippen LogP) is 1.41. The number of carbonyl (C=O) groups is 2. The molecule has 1 saturated heterocycles. The van der Waals surface area contributed by atoms with E-state index >= 15 is 0 Å². The molecule has 6 nitrogen and oxygen atoms in total. The number of nitrogens with zero attached hydrogens (tertiary/aromatic N) is 1. The van der Waals surface area contributed by atoms with Crippen molar-refractivity contribution in [1.82, 2.24) is 10.2 Å². The summed E-state index contributed by atoms with van der Waals surface area (Å²) < 4.78 is 5.30. The number of carbonyl (C=O) groups excluding carboxylic acids is 2. The Hall–Kier alpha value is -1.92. The van der Waals surface area contributed by atoms with Gasteiger partial charge < -0.3 is 15.4 Å². The van der Waals surface area contributed by atoms with Gasteiger partial charge in [0.25, 0.3) is 0 Å². The summed E-state index contributed by atoms with van der Waals surface area (Å²) in [5.74, 6) is -0.567. The van der Waals surface area contributed by atoms with Gasteiger partial charge in [-0.25, -0.2) is 0 Å². The van der Waals surface area contributed by atoms with Crippen LogP contribution in [0.15, 0.2) is 24.3 Å². The molecule has 0 spiro atoms. The average molecular weight is 333 g/mol. The lowest BCUT2D eigenvalue weighted by molar-refractivity contribution is -0.138. The van der Waals surface area contributed by atoms with Crippen molar-refractivity contribution in [2.24, 2.45) is 5.41 Å². The number of morpholine rings is 1. The van der Waals surface area contributed by atoms with E-state index in [2.05, 4.69) is 15.5 Å². The Morgan fingerprint density at radius 1 is 1.17 bits per heavy atom. The number of anilines is 1. The molecule has 0 aliphatic carbocycles. The second-order valence-electron chi connectivity index (χ2n) is 6.60. The van der Waals surface area contributed by atoms with Crippen LogP contribution in [0.25, 0.3) is 0 Å². The summed E-state index contributed by atoms with van der Waals surface area (Å²) in [5.41, 5.74) is 0.568. The third-order valence-corrected chi connectivity index (χ3v) is 4.35. The highest BCUT2D eigenvalue weighted by Gasteiger charge is 2.36. The number of nitrogens with one attached hydrogen (secondary N) is 2. The Labute approximate surface area is 143 Å². The monoisotopic (exact) mass is 333 g/mol. The lowest BCUT2D eigenvalue weighted by Gasteiger charge is -2.28. The van der Waals surface area contributed by atoms with Crippen LogP contribution in [0.1, 0.15) is 19.4 Å². The number of ether oxygens (including phenoxy) is 1. The van der Waals surface area contributed by atoms with Crippen molar-refractivity contribution in [3.05, 3.63) is 29.8 Å². The summed E-state index contributed by atoms with van der Waals surface area (Å²) in [7, 11) is 0. The normalized spacial score (nSPS) is 15.8. The highest BCUT2D eigenvalue weighted by molar-refractivity contribution is 6.10. The SMILES string of the molecule is Cc1ccccc1NC(=O)C(C)(C)C(=O)NCCN1CCOCC1. The Morgan fingerprint density at radius 3 is 2.50 bits per heavy atom. The first kappa shape index (κ1) is 18.4. The number of aryl methyl sites for hydroxylation is 1. The van der Waals surface area contributed by atoms with Crippen LogP contribution in [0.5, 0.6) is 0 Å². The van der Waals surface area contributed by atoms with Gasteiger partial charge in [0, 0.05) is 31.9 Å². The lowest BCUT2D eigenvalue weighted by atomic mass is 9.90. The van der Waals surface area contributed by atoms with Gasteiger partial charge in [-0.05, 0) is 32.4 Å². The summed E-state index contributed by atoms with van der Waals surface area (Å²) >= 11 is 0. The second-order valence-corrected chi connectivity index (χ2v) is 6.60. The fraction of sp³-hybridized carbons (Fsp3) is 0.556. The summed E-state index contributed by atoms with van der Waals surface area (Å²) in [6.45, 7) is 9.74. The first-order valence-electron chi connectivity index (χ1n) is 8.37. The molecule has 1 aliphatic heterocycles. The Kier molecular flexibility index (Phi) is 6.34. The van der Waals surface area contributed by atoms with E-state index in [4.69, 9.17) is 4.74 Å². The van der Waals surface area contributed by atoms with Gasteiger partial charge >= 0.3 is 0 Å².